The van der Waals surface area contributed by atoms with Gasteiger partial charge in [-0.15, -0.1) is 0 Å². The Morgan fingerprint density at radius 1 is 0.367 bits per heavy atom. The van der Waals surface area contributed by atoms with Crippen LogP contribution in [0.2, 0.25) is 0 Å². The van der Waals surface area contributed by atoms with E-state index in [1.807, 2.05) is 24.3 Å². The highest BCUT2D eigenvalue weighted by atomic mass is 32.2. The number of nitrogens with one attached hydrogen (secondary N) is 2. The third kappa shape index (κ3) is 8.63. The first kappa shape index (κ1) is 39.6. The van der Waals surface area contributed by atoms with Crippen LogP contribution in [0, 0.1) is 11.6 Å². The molecule has 0 spiro atoms. The number of rotatable bonds is 12. The van der Waals surface area contributed by atoms with Crippen LogP contribution in [0.1, 0.15) is 15.9 Å². The van der Waals surface area contributed by atoms with Crippen molar-refractivity contribution in [1.29, 1.82) is 0 Å². The number of benzene rings is 8. The van der Waals surface area contributed by atoms with Gasteiger partial charge in [-0.25, -0.2) is 25.6 Å². The van der Waals surface area contributed by atoms with Crippen molar-refractivity contribution in [3.05, 3.63) is 217 Å². The largest absolute Gasteiger partial charge is 0.289 e. The molecule has 11 heteroatoms. The smallest absolute Gasteiger partial charge is 0.261 e. The van der Waals surface area contributed by atoms with Gasteiger partial charge in [-0.2, -0.15) is 0 Å². The highest BCUT2D eigenvalue weighted by Crippen LogP contribution is 2.33. The maximum atomic E-state index is 14.3. The Morgan fingerprint density at radius 3 is 1.10 bits per heavy atom. The number of hydrogen-bond donors (Lipinski definition) is 2. The number of hydrogen-bond acceptors (Lipinski definition) is 5. The summed E-state index contributed by atoms with van der Waals surface area (Å²) >= 11 is 0. The minimum atomic E-state index is -3.98. The molecule has 8 rings (SSSR count). The van der Waals surface area contributed by atoms with Crippen LogP contribution >= 0.6 is 0 Å². The summed E-state index contributed by atoms with van der Waals surface area (Å²) in [5, 5.41) is 0. The molecule has 0 aliphatic carbocycles. The van der Waals surface area contributed by atoms with Crippen molar-refractivity contribution in [2.24, 2.45) is 0 Å². The summed E-state index contributed by atoms with van der Waals surface area (Å²) < 4.78 is 85.7. The van der Waals surface area contributed by atoms with E-state index in [1.54, 1.807) is 121 Å². The zero-order chi connectivity index (χ0) is 41.9. The van der Waals surface area contributed by atoms with Crippen molar-refractivity contribution < 1.29 is 30.4 Å². The van der Waals surface area contributed by atoms with E-state index in [0.29, 0.717) is 67.0 Å². The molecule has 0 bridgehead atoms. The average Bonchev–Trinajstić information content (AvgIpc) is 3.27. The Morgan fingerprint density at radius 2 is 0.717 bits per heavy atom. The fourth-order valence-electron chi connectivity index (χ4n) is 6.84. The number of carbonyl (C=O) groups is 1. The summed E-state index contributed by atoms with van der Waals surface area (Å²) in [5.74, 6) is -1.01. The molecule has 0 aliphatic heterocycles. The highest BCUT2D eigenvalue weighted by molar-refractivity contribution is 7.93. The van der Waals surface area contributed by atoms with Crippen LogP contribution < -0.4 is 9.44 Å². The summed E-state index contributed by atoms with van der Waals surface area (Å²) in [5.41, 5.74) is 6.79. The Balaban J connectivity index is 0.996. The lowest BCUT2D eigenvalue weighted by atomic mass is 9.90. The molecule has 0 fully saturated rings. The second-order valence-electron chi connectivity index (χ2n) is 13.9. The average molecular weight is 833 g/mol. The van der Waals surface area contributed by atoms with Gasteiger partial charge in [-0.3, -0.25) is 14.2 Å². The molecule has 8 aromatic carbocycles. The first-order valence-electron chi connectivity index (χ1n) is 18.6. The van der Waals surface area contributed by atoms with Crippen molar-refractivity contribution in [1.82, 2.24) is 0 Å². The predicted octanol–water partition coefficient (Wildman–Crippen LogP) is 11.5. The van der Waals surface area contributed by atoms with Gasteiger partial charge in [0.25, 0.3) is 20.0 Å². The maximum Gasteiger partial charge on any atom is 0.261 e. The lowest BCUT2D eigenvalue weighted by molar-refractivity contribution is 0.104. The molecule has 0 saturated heterocycles. The van der Waals surface area contributed by atoms with Gasteiger partial charge in [0, 0.05) is 22.5 Å². The van der Waals surface area contributed by atoms with Gasteiger partial charge in [0.2, 0.25) is 0 Å². The van der Waals surface area contributed by atoms with E-state index >= 15 is 0 Å². The molecule has 60 heavy (non-hydrogen) atoms. The van der Waals surface area contributed by atoms with E-state index in [2.05, 4.69) is 9.44 Å². The predicted molar refractivity (Wildman–Crippen MR) is 232 cm³/mol. The lowest BCUT2D eigenvalue weighted by Gasteiger charge is -2.14. The zero-order valence-corrected chi connectivity index (χ0v) is 33.2. The standard InChI is InChI=1S/C49H34F2N2O5S2/c50-39-23-15-33(16-24-39)37-7-5-9-43(31-37)59(55,56)52-41-27-19-35(20-28-41)45-11-1-3-13-47(45)49(54)48-14-4-2-12-46(48)36-21-29-42(30-22-36)53-60(57,58)44-10-6-8-38(32-44)34-17-25-40(51)26-18-34/h1-32,52-53H. The van der Waals surface area contributed by atoms with Crippen LogP contribution in [0.4, 0.5) is 20.2 Å². The lowest BCUT2D eigenvalue weighted by Crippen LogP contribution is -2.13. The number of anilines is 2. The fourth-order valence-corrected chi connectivity index (χ4v) is 9.05. The molecular formula is C49H34F2N2O5S2. The van der Waals surface area contributed by atoms with Gasteiger partial charge < -0.3 is 0 Å². The second-order valence-corrected chi connectivity index (χ2v) is 17.2. The third-order valence-electron chi connectivity index (χ3n) is 9.88. The van der Waals surface area contributed by atoms with E-state index in [0.717, 1.165) is 0 Å². The Kier molecular flexibility index (Phi) is 10.9. The van der Waals surface area contributed by atoms with Gasteiger partial charge in [-0.1, -0.05) is 121 Å². The quantitative estimate of drug-likeness (QED) is 0.119. The molecule has 0 aromatic heterocycles. The molecule has 0 saturated carbocycles. The van der Waals surface area contributed by atoms with E-state index < -0.39 is 20.0 Å². The van der Waals surface area contributed by atoms with Crippen molar-refractivity contribution in [2.75, 3.05) is 9.44 Å². The first-order chi connectivity index (χ1) is 28.9. The van der Waals surface area contributed by atoms with Crippen LogP contribution in [0.3, 0.4) is 0 Å². The zero-order valence-electron chi connectivity index (χ0n) is 31.6. The molecule has 7 nitrogen and oxygen atoms in total. The van der Waals surface area contributed by atoms with E-state index in [-0.39, 0.29) is 27.2 Å². The number of ketones is 1. The molecule has 2 N–H and O–H groups in total. The fraction of sp³-hybridized carbons (Fsp3) is 0. The van der Waals surface area contributed by atoms with Crippen LogP contribution in [0.15, 0.2) is 204 Å². The molecule has 0 radical (unpaired) electrons. The van der Waals surface area contributed by atoms with Crippen molar-refractivity contribution in [2.45, 2.75) is 9.79 Å². The van der Waals surface area contributed by atoms with Gasteiger partial charge in [0.05, 0.1) is 9.79 Å². The maximum absolute atomic E-state index is 14.3. The molecule has 0 amide bonds. The molecule has 0 unspecified atom stereocenters. The Bertz CT molecular complexity index is 2870. The van der Waals surface area contributed by atoms with E-state index in [9.17, 15) is 30.4 Å². The summed E-state index contributed by atoms with van der Waals surface area (Å²) in [6.45, 7) is 0. The van der Waals surface area contributed by atoms with Gasteiger partial charge in [0.15, 0.2) is 5.78 Å². The minimum absolute atomic E-state index is 0.0456. The van der Waals surface area contributed by atoms with Crippen molar-refractivity contribution >= 4 is 37.2 Å². The Labute approximate surface area is 346 Å². The van der Waals surface area contributed by atoms with Crippen molar-refractivity contribution in [3.63, 3.8) is 0 Å². The van der Waals surface area contributed by atoms with Crippen molar-refractivity contribution in [3.8, 4) is 44.5 Å². The summed E-state index contributed by atoms with van der Waals surface area (Å²) in [6.07, 6.45) is 0. The normalized spacial score (nSPS) is 11.5. The third-order valence-corrected chi connectivity index (χ3v) is 12.6. The van der Waals surface area contributed by atoms with Gasteiger partial charge >= 0.3 is 0 Å². The van der Waals surface area contributed by atoms with Gasteiger partial charge in [0.1, 0.15) is 11.6 Å². The number of carbonyl (C=O) groups excluding carboxylic acids is 1. The van der Waals surface area contributed by atoms with E-state index in [4.69, 9.17) is 0 Å². The van der Waals surface area contributed by atoms with Crippen LogP contribution in [0.5, 0.6) is 0 Å². The monoisotopic (exact) mass is 832 g/mol. The highest BCUT2D eigenvalue weighted by Gasteiger charge is 2.21. The summed E-state index contributed by atoms with van der Waals surface area (Å²) in [6, 6.07) is 52.2. The minimum Gasteiger partial charge on any atom is -0.289 e. The van der Waals surface area contributed by atoms with Gasteiger partial charge in [-0.05, 0) is 117 Å². The molecular weight excluding hydrogens is 799 g/mol. The molecule has 296 valence electrons. The molecule has 8 aromatic rings. The SMILES string of the molecule is O=C(c1ccccc1-c1ccc(NS(=O)(=O)c2cccc(-c3ccc(F)cc3)c2)cc1)c1ccccc1-c1ccc(NS(=O)(=O)c2cccc(-c3ccc(F)cc3)c2)cc1. The number of halogens is 2. The topological polar surface area (TPSA) is 109 Å². The molecule has 0 atom stereocenters. The molecule has 0 aliphatic rings. The second kappa shape index (κ2) is 16.6. The first-order valence-corrected chi connectivity index (χ1v) is 21.6. The summed E-state index contributed by atoms with van der Waals surface area (Å²) in [7, 11) is -7.95. The summed E-state index contributed by atoms with van der Waals surface area (Å²) in [4.78, 5) is 14.4. The van der Waals surface area contributed by atoms with Crippen LogP contribution in [-0.2, 0) is 20.0 Å². The van der Waals surface area contributed by atoms with Crippen LogP contribution in [-0.4, -0.2) is 22.6 Å². The Hall–Kier alpha value is -7.21. The number of sulfonamides is 2. The molecule has 0 heterocycles. The van der Waals surface area contributed by atoms with Crippen LogP contribution in [0.25, 0.3) is 44.5 Å². The van der Waals surface area contributed by atoms with E-state index in [1.165, 1.54) is 48.5 Å².